The lowest BCUT2D eigenvalue weighted by molar-refractivity contribution is -0.111. The van der Waals surface area contributed by atoms with Gasteiger partial charge in [0.25, 0.3) is 0 Å². The van der Waals surface area contributed by atoms with Crippen LogP contribution in [0, 0.1) is 6.92 Å². The fourth-order valence-electron chi connectivity index (χ4n) is 3.61. The molecule has 0 unspecified atom stereocenters. The minimum absolute atomic E-state index is 0.238. The van der Waals surface area contributed by atoms with Crippen molar-refractivity contribution in [2.45, 2.75) is 20.8 Å². The van der Waals surface area contributed by atoms with E-state index in [-0.39, 0.29) is 5.91 Å². The van der Waals surface area contributed by atoms with Crippen LogP contribution in [0.25, 0.3) is 27.7 Å². The predicted octanol–water partition coefficient (Wildman–Crippen LogP) is 7.50. The first-order valence-electron chi connectivity index (χ1n) is 10.4. The number of amides is 1. The number of halogens is 1. The second kappa shape index (κ2) is 9.33. The number of rotatable bonds is 6. The van der Waals surface area contributed by atoms with Gasteiger partial charge in [0.15, 0.2) is 0 Å². The van der Waals surface area contributed by atoms with E-state index >= 15 is 0 Å². The van der Waals surface area contributed by atoms with E-state index in [0.29, 0.717) is 23.1 Å². The van der Waals surface area contributed by atoms with Gasteiger partial charge in [-0.2, -0.15) is 0 Å². The number of ether oxygens (including phenoxy) is 1. The van der Waals surface area contributed by atoms with Crippen molar-refractivity contribution in [1.82, 2.24) is 0 Å². The van der Waals surface area contributed by atoms with Crippen LogP contribution < -0.4 is 10.1 Å². The van der Waals surface area contributed by atoms with Gasteiger partial charge in [0, 0.05) is 39.4 Å². The third-order valence-corrected chi connectivity index (χ3v) is 5.44. The number of carbonyl (C=O) groups excluding carboxylic acids is 1. The Kier molecular flexibility index (Phi) is 6.33. The minimum atomic E-state index is -0.238. The van der Waals surface area contributed by atoms with Crippen LogP contribution in [0.1, 0.15) is 25.0 Å². The number of anilines is 1. The smallest absolute Gasteiger partial charge is 0.248 e. The van der Waals surface area contributed by atoms with Gasteiger partial charge in [-0.25, -0.2) is 0 Å². The zero-order valence-corrected chi connectivity index (χ0v) is 19.0. The molecule has 3 aromatic carbocycles. The Balaban J connectivity index is 1.72. The van der Waals surface area contributed by atoms with Crippen molar-refractivity contribution in [3.63, 3.8) is 0 Å². The highest BCUT2D eigenvalue weighted by atomic mass is 35.5. The summed E-state index contributed by atoms with van der Waals surface area (Å²) < 4.78 is 11.7. The quantitative estimate of drug-likeness (QED) is 0.312. The maximum Gasteiger partial charge on any atom is 0.248 e. The molecule has 1 N–H and O–H groups in total. The van der Waals surface area contributed by atoms with Gasteiger partial charge < -0.3 is 14.5 Å². The molecule has 5 heteroatoms. The molecule has 0 aliphatic rings. The molecular formula is C27H24ClNO3. The molecular weight excluding hydrogens is 422 g/mol. The predicted molar refractivity (Wildman–Crippen MR) is 131 cm³/mol. The molecule has 32 heavy (non-hydrogen) atoms. The highest BCUT2D eigenvalue weighted by Gasteiger charge is 2.15. The van der Waals surface area contributed by atoms with E-state index in [1.54, 1.807) is 36.6 Å². The first kappa shape index (κ1) is 21.7. The molecule has 1 heterocycles. The van der Waals surface area contributed by atoms with E-state index in [0.717, 1.165) is 33.2 Å². The van der Waals surface area contributed by atoms with E-state index in [9.17, 15) is 4.79 Å². The highest BCUT2D eigenvalue weighted by Crippen LogP contribution is 2.37. The number of allylic oxidation sites excluding steroid dienone is 1. The molecule has 0 saturated heterocycles. The molecule has 4 aromatic rings. The van der Waals surface area contributed by atoms with Crippen molar-refractivity contribution in [2.24, 2.45) is 0 Å². The van der Waals surface area contributed by atoms with E-state index in [4.69, 9.17) is 20.8 Å². The second-order valence-electron chi connectivity index (χ2n) is 7.62. The summed E-state index contributed by atoms with van der Waals surface area (Å²) in [5, 5.41) is 4.38. The molecule has 0 aliphatic carbocycles. The number of furan rings is 1. The van der Waals surface area contributed by atoms with Gasteiger partial charge in [0.2, 0.25) is 5.91 Å². The number of fused-ring (bicyclic) bond motifs is 1. The Morgan fingerprint density at radius 3 is 2.62 bits per heavy atom. The summed E-state index contributed by atoms with van der Waals surface area (Å²) in [5.41, 5.74) is 6.28. The van der Waals surface area contributed by atoms with Gasteiger partial charge in [-0.05, 0) is 56.2 Å². The summed E-state index contributed by atoms with van der Waals surface area (Å²) in [5.74, 6) is 0.437. The van der Waals surface area contributed by atoms with Crippen molar-refractivity contribution in [2.75, 3.05) is 11.9 Å². The van der Waals surface area contributed by atoms with Gasteiger partial charge in [0.05, 0.1) is 12.9 Å². The van der Waals surface area contributed by atoms with Crippen LogP contribution in [0.4, 0.5) is 5.69 Å². The molecule has 0 spiro atoms. The van der Waals surface area contributed by atoms with Crippen molar-refractivity contribution in [3.8, 4) is 16.9 Å². The number of carbonyl (C=O) groups is 1. The lowest BCUT2D eigenvalue weighted by Crippen LogP contribution is -2.08. The molecule has 0 aliphatic heterocycles. The van der Waals surface area contributed by atoms with E-state index < -0.39 is 0 Å². The molecule has 4 rings (SSSR count). The Morgan fingerprint density at radius 2 is 1.91 bits per heavy atom. The van der Waals surface area contributed by atoms with E-state index in [1.807, 2.05) is 26.0 Å². The number of benzene rings is 3. The molecule has 162 valence electrons. The average Bonchev–Trinajstić information content (AvgIpc) is 3.16. The van der Waals surface area contributed by atoms with E-state index in [2.05, 4.69) is 36.5 Å². The third-order valence-electron chi connectivity index (χ3n) is 5.20. The van der Waals surface area contributed by atoms with Crippen LogP contribution in [-0.2, 0) is 4.79 Å². The lowest BCUT2D eigenvalue weighted by atomic mass is 9.98. The first-order valence-corrected chi connectivity index (χ1v) is 10.8. The van der Waals surface area contributed by atoms with Crippen molar-refractivity contribution in [3.05, 3.63) is 89.2 Å². The Bertz CT molecular complexity index is 1300. The molecule has 0 fully saturated rings. The maximum atomic E-state index is 12.6. The second-order valence-corrected chi connectivity index (χ2v) is 8.06. The van der Waals surface area contributed by atoms with Crippen LogP contribution >= 0.6 is 11.6 Å². The average molecular weight is 446 g/mol. The molecule has 1 amide bonds. The Hall–Kier alpha value is -3.50. The summed E-state index contributed by atoms with van der Waals surface area (Å²) in [6.45, 7) is 6.39. The van der Waals surface area contributed by atoms with Crippen molar-refractivity contribution >= 4 is 39.7 Å². The molecule has 0 bridgehead atoms. The van der Waals surface area contributed by atoms with Crippen molar-refractivity contribution in [1.29, 1.82) is 0 Å². The van der Waals surface area contributed by atoms with Gasteiger partial charge >= 0.3 is 0 Å². The largest absolute Gasteiger partial charge is 0.493 e. The summed E-state index contributed by atoms with van der Waals surface area (Å²) >= 11 is 6.01. The SMILES string of the molecule is CCOc1cc2occ(-c3ccc(C)cc3)c2cc1/C(C)=C/C(=O)Nc1cccc(Cl)c1. The summed E-state index contributed by atoms with van der Waals surface area (Å²) in [7, 11) is 0. The zero-order chi connectivity index (χ0) is 22.7. The fraction of sp³-hybridized carbons (Fsp3) is 0.148. The summed E-state index contributed by atoms with van der Waals surface area (Å²) in [6, 6.07) is 19.3. The van der Waals surface area contributed by atoms with Crippen molar-refractivity contribution < 1.29 is 13.9 Å². The van der Waals surface area contributed by atoms with Gasteiger partial charge in [0.1, 0.15) is 11.3 Å². The molecule has 0 atom stereocenters. The standard InChI is InChI=1S/C27H24ClNO3/c1-4-31-25-15-26-23(24(16-32-26)19-10-8-17(2)9-11-19)14-22(25)18(3)12-27(30)29-21-7-5-6-20(28)13-21/h5-16H,4H2,1-3H3,(H,29,30)/b18-12+. The summed E-state index contributed by atoms with van der Waals surface area (Å²) in [6.07, 6.45) is 3.33. The van der Waals surface area contributed by atoms with E-state index in [1.165, 1.54) is 5.56 Å². The molecule has 0 saturated carbocycles. The highest BCUT2D eigenvalue weighted by molar-refractivity contribution is 6.31. The number of hydrogen-bond donors (Lipinski definition) is 1. The topological polar surface area (TPSA) is 51.5 Å². The molecule has 0 radical (unpaired) electrons. The number of aryl methyl sites for hydroxylation is 1. The van der Waals surface area contributed by atoms with Crippen LogP contribution in [0.15, 0.2) is 77.4 Å². The Morgan fingerprint density at radius 1 is 1.12 bits per heavy atom. The molecule has 4 nitrogen and oxygen atoms in total. The zero-order valence-electron chi connectivity index (χ0n) is 18.2. The third kappa shape index (κ3) is 4.71. The number of hydrogen-bond acceptors (Lipinski definition) is 3. The van der Waals surface area contributed by atoms with Gasteiger partial charge in [-0.15, -0.1) is 0 Å². The fourth-order valence-corrected chi connectivity index (χ4v) is 3.80. The minimum Gasteiger partial charge on any atom is -0.493 e. The van der Waals surface area contributed by atoms with Crippen LogP contribution in [0.3, 0.4) is 0 Å². The maximum absolute atomic E-state index is 12.6. The lowest BCUT2D eigenvalue weighted by Gasteiger charge is -2.12. The first-order chi connectivity index (χ1) is 15.4. The van der Waals surface area contributed by atoms with Crippen LogP contribution in [0.2, 0.25) is 5.02 Å². The normalized spacial score (nSPS) is 11.6. The van der Waals surface area contributed by atoms with Gasteiger partial charge in [-0.3, -0.25) is 4.79 Å². The Labute approximate surface area is 192 Å². The van der Waals surface area contributed by atoms with Crippen LogP contribution in [-0.4, -0.2) is 12.5 Å². The summed E-state index contributed by atoms with van der Waals surface area (Å²) in [4.78, 5) is 12.6. The molecule has 1 aromatic heterocycles. The monoisotopic (exact) mass is 445 g/mol. The van der Waals surface area contributed by atoms with Gasteiger partial charge in [-0.1, -0.05) is 47.5 Å². The van der Waals surface area contributed by atoms with Crippen LogP contribution in [0.5, 0.6) is 5.75 Å². The number of nitrogens with one attached hydrogen (secondary N) is 1.